The average molecular weight is 435 g/mol. The van der Waals surface area contributed by atoms with E-state index in [1.165, 1.54) is 0 Å². The molecule has 2 amide bonds. The summed E-state index contributed by atoms with van der Waals surface area (Å²) in [5.74, 6) is 0.448. The average Bonchev–Trinajstić information content (AvgIpc) is 2.78. The van der Waals surface area contributed by atoms with Crippen molar-refractivity contribution in [3.63, 3.8) is 0 Å². The van der Waals surface area contributed by atoms with Gasteiger partial charge in [0.15, 0.2) is 0 Å². The molecule has 1 aliphatic rings. The highest BCUT2D eigenvalue weighted by Crippen LogP contribution is 2.24. The van der Waals surface area contributed by atoms with Crippen LogP contribution in [-0.2, 0) is 11.2 Å². The molecule has 32 heavy (non-hydrogen) atoms. The summed E-state index contributed by atoms with van der Waals surface area (Å²) >= 11 is 0. The Bertz CT molecular complexity index is 939. The summed E-state index contributed by atoms with van der Waals surface area (Å²) < 4.78 is 6.11. The Hall–Kier alpha value is -3.08. The minimum absolute atomic E-state index is 0.00743. The largest absolute Gasteiger partial charge is 0.490 e. The minimum Gasteiger partial charge on any atom is -0.490 e. The molecule has 5 nitrogen and oxygen atoms in total. The van der Waals surface area contributed by atoms with Crippen molar-refractivity contribution in [3.8, 4) is 5.75 Å². The molecular formula is C27H34N2O3. The van der Waals surface area contributed by atoms with Crippen molar-refractivity contribution >= 4 is 11.8 Å². The third-order valence-electron chi connectivity index (χ3n) is 5.97. The maximum Gasteiger partial charge on any atom is 0.258 e. The van der Waals surface area contributed by atoms with E-state index in [0.29, 0.717) is 17.7 Å². The smallest absolute Gasteiger partial charge is 0.258 e. The van der Waals surface area contributed by atoms with Gasteiger partial charge in [-0.15, -0.1) is 0 Å². The van der Waals surface area contributed by atoms with Gasteiger partial charge >= 0.3 is 0 Å². The van der Waals surface area contributed by atoms with E-state index in [4.69, 9.17) is 4.74 Å². The topological polar surface area (TPSA) is 58.6 Å². The van der Waals surface area contributed by atoms with E-state index in [0.717, 1.165) is 18.4 Å². The van der Waals surface area contributed by atoms with Crippen LogP contribution in [0.1, 0.15) is 49.5 Å². The van der Waals surface area contributed by atoms with Gasteiger partial charge in [-0.05, 0) is 37.0 Å². The molecule has 0 unspecified atom stereocenters. The number of nitrogens with one attached hydrogen (secondary N) is 1. The molecule has 0 bridgehead atoms. The summed E-state index contributed by atoms with van der Waals surface area (Å²) in [5.41, 5.74) is 1.47. The molecule has 3 atom stereocenters. The molecule has 1 aliphatic heterocycles. The lowest BCUT2D eigenvalue weighted by molar-refractivity contribution is -0.126. The first-order valence-corrected chi connectivity index (χ1v) is 11.4. The summed E-state index contributed by atoms with van der Waals surface area (Å²) in [5, 5.41) is 3.21. The van der Waals surface area contributed by atoms with Gasteiger partial charge in [0.25, 0.3) is 5.91 Å². The zero-order chi connectivity index (χ0) is 23.1. The lowest BCUT2D eigenvalue weighted by Gasteiger charge is -2.31. The maximum atomic E-state index is 13.5. The van der Waals surface area contributed by atoms with Gasteiger partial charge in [-0.2, -0.15) is 0 Å². The Morgan fingerprint density at radius 1 is 1.00 bits per heavy atom. The highest BCUT2D eigenvalue weighted by molar-refractivity contribution is 5.99. The van der Waals surface area contributed by atoms with Crippen LogP contribution in [0.15, 0.2) is 66.7 Å². The number of amides is 2. The highest BCUT2D eigenvalue weighted by Gasteiger charge is 2.31. The third kappa shape index (κ3) is 6.00. The molecular weight excluding hydrogens is 400 g/mol. The number of carbonyl (C=O) groups is 2. The second-order valence-electron chi connectivity index (χ2n) is 8.85. The monoisotopic (exact) mass is 434 g/mol. The Balaban J connectivity index is 2.00. The van der Waals surface area contributed by atoms with Crippen molar-refractivity contribution in [2.24, 2.45) is 5.92 Å². The van der Waals surface area contributed by atoms with E-state index in [2.05, 4.69) is 31.3 Å². The number of rotatable bonds is 3. The molecule has 3 rings (SSSR count). The minimum atomic E-state index is -0.636. The van der Waals surface area contributed by atoms with Gasteiger partial charge in [-0.3, -0.25) is 9.59 Å². The predicted molar refractivity (Wildman–Crippen MR) is 128 cm³/mol. The molecule has 0 saturated carbocycles. The van der Waals surface area contributed by atoms with Crippen LogP contribution in [0.25, 0.3) is 0 Å². The number of hydrogen-bond donors (Lipinski definition) is 1. The van der Waals surface area contributed by atoms with E-state index in [9.17, 15) is 9.59 Å². The number of hydrogen-bond acceptors (Lipinski definition) is 3. The summed E-state index contributed by atoms with van der Waals surface area (Å²) in [4.78, 5) is 28.5. The number of para-hydroxylation sites is 1. The van der Waals surface area contributed by atoms with Crippen LogP contribution in [0.3, 0.4) is 0 Å². The van der Waals surface area contributed by atoms with Crippen LogP contribution in [0.2, 0.25) is 0 Å². The highest BCUT2D eigenvalue weighted by atomic mass is 16.5. The zero-order valence-corrected chi connectivity index (χ0v) is 19.5. The van der Waals surface area contributed by atoms with Gasteiger partial charge in [0.2, 0.25) is 5.91 Å². The number of fused-ring (bicyclic) bond motifs is 1. The lowest BCUT2D eigenvalue weighted by atomic mass is 9.98. The van der Waals surface area contributed by atoms with Gasteiger partial charge in [0.1, 0.15) is 11.8 Å². The molecule has 0 radical (unpaired) electrons. The first-order valence-electron chi connectivity index (χ1n) is 11.4. The molecule has 1 N–H and O–H groups in total. The second kappa shape index (κ2) is 11.0. The molecule has 0 fully saturated rings. The number of carbonyl (C=O) groups excluding carboxylic acids is 2. The van der Waals surface area contributed by atoms with Gasteiger partial charge in [0, 0.05) is 25.9 Å². The molecule has 5 heteroatoms. The van der Waals surface area contributed by atoms with Crippen LogP contribution in [-0.4, -0.2) is 41.9 Å². The third-order valence-corrected chi connectivity index (χ3v) is 5.97. The summed E-state index contributed by atoms with van der Waals surface area (Å²) in [6.45, 7) is 6.21. The Labute approximate surface area is 191 Å². The van der Waals surface area contributed by atoms with E-state index >= 15 is 0 Å². The molecule has 0 saturated heterocycles. The molecule has 0 aliphatic carbocycles. The lowest BCUT2D eigenvalue weighted by Crippen LogP contribution is -2.52. The van der Waals surface area contributed by atoms with Crippen molar-refractivity contribution in [1.82, 2.24) is 10.2 Å². The fourth-order valence-corrected chi connectivity index (χ4v) is 3.89. The van der Waals surface area contributed by atoms with Crippen LogP contribution < -0.4 is 10.1 Å². The summed E-state index contributed by atoms with van der Waals surface area (Å²) in [6.07, 6.45) is 6.05. The zero-order valence-electron chi connectivity index (χ0n) is 19.5. The first-order chi connectivity index (χ1) is 15.4. The Kier molecular flexibility index (Phi) is 8.09. The molecule has 2 aromatic carbocycles. The summed E-state index contributed by atoms with van der Waals surface area (Å²) in [6, 6.07) is 16.4. The van der Waals surface area contributed by atoms with Crippen molar-refractivity contribution < 1.29 is 14.3 Å². The molecule has 1 heterocycles. The molecule has 2 aromatic rings. The van der Waals surface area contributed by atoms with Gasteiger partial charge < -0.3 is 15.0 Å². The quantitative estimate of drug-likeness (QED) is 0.717. The number of nitrogens with zero attached hydrogens (tertiary/aromatic N) is 1. The molecule has 0 spiro atoms. The summed E-state index contributed by atoms with van der Waals surface area (Å²) in [7, 11) is 1.70. The number of likely N-dealkylation sites (N-methyl/N-ethyl adjacent to an activating group) is 1. The Morgan fingerprint density at radius 2 is 1.66 bits per heavy atom. The Morgan fingerprint density at radius 3 is 2.38 bits per heavy atom. The van der Waals surface area contributed by atoms with Crippen LogP contribution in [0.4, 0.5) is 0 Å². The fourth-order valence-electron chi connectivity index (χ4n) is 3.89. The van der Waals surface area contributed by atoms with Gasteiger partial charge in [-0.25, -0.2) is 0 Å². The van der Waals surface area contributed by atoms with Crippen LogP contribution in [0, 0.1) is 5.92 Å². The van der Waals surface area contributed by atoms with E-state index in [1.54, 1.807) is 18.0 Å². The van der Waals surface area contributed by atoms with E-state index < -0.39 is 6.04 Å². The van der Waals surface area contributed by atoms with Crippen LogP contribution >= 0.6 is 0 Å². The van der Waals surface area contributed by atoms with Crippen LogP contribution in [0.5, 0.6) is 5.75 Å². The number of ether oxygens (including phenoxy) is 1. The first kappa shape index (κ1) is 23.6. The molecule has 170 valence electrons. The second-order valence-corrected chi connectivity index (χ2v) is 8.85. The van der Waals surface area contributed by atoms with Gasteiger partial charge in [0.05, 0.1) is 11.7 Å². The maximum absolute atomic E-state index is 13.5. The van der Waals surface area contributed by atoms with E-state index in [-0.39, 0.29) is 29.9 Å². The van der Waals surface area contributed by atoms with Crippen molar-refractivity contribution in [2.75, 3.05) is 7.05 Å². The van der Waals surface area contributed by atoms with E-state index in [1.807, 2.05) is 55.5 Å². The SMILES string of the molecule is CC(C)[C@@H]1C/C=C\C[C@H](C)Oc2ccccc2C(=O)N(C)[C@@H](Cc2ccccc2)C(=O)N1. The van der Waals surface area contributed by atoms with Gasteiger partial charge in [-0.1, -0.05) is 68.5 Å². The van der Waals surface area contributed by atoms with Crippen molar-refractivity contribution in [2.45, 2.75) is 58.2 Å². The van der Waals surface area contributed by atoms with Crippen molar-refractivity contribution in [1.29, 1.82) is 0 Å². The number of benzene rings is 2. The van der Waals surface area contributed by atoms with Crippen molar-refractivity contribution in [3.05, 3.63) is 77.9 Å². The molecule has 0 aromatic heterocycles. The fraction of sp³-hybridized carbons (Fsp3) is 0.407. The standard InChI is InChI=1S/C27H34N2O3/c1-19(2)23-16-10-8-12-20(3)32-25-17-11-9-15-22(25)27(31)29(4)24(26(30)28-23)18-21-13-6-5-7-14-21/h5-11,13-15,17,19-20,23-24H,12,16,18H2,1-4H3,(H,28,30)/b10-8-/t20-,23-,24-/m0/s1. The predicted octanol–water partition coefficient (Wildman–Crippen LogP) is 4.63. The normalized spacial score (nSPS) is 23.7.